The number of aromatic amines is 1. The molecule has 0 bridgehead atoms. The molecule has 0 aliphatic rings. The zero-order valence-corrected chi connectivity index (χ0v) is 16.2. The second-order valence-electron chi connectivity index (χ2n) is 7.41. The summed E-state index contributed by atoms with van der Waals surface area (Å²) >= 11 is 0. The lowest BCUT2D eigenvalue weighted by molar-refractivity contribution is -0.727. The van der Waals surface area contributed by atoms with Gasteiger partial charge in [-0.05, 0) is 26.2 Å². The van der Waals surface area contributed by atoms with Crippen molar-refractivity contribution in [1.29, 1.82) is 0 Å². The largest absolute Gasteiger partial charge is 0.257 e. The van der Waals surface area contributed by atoms with Gasteiger partial charge in [-0.2, -0.15) is 0 Å². The van der Waals surface area contributed by atoms with Gasteiger partial charge >= 0.3 is 0 Å². The summed E-state index contributed by atoms with van der Waals surface area (Å²) in [6.45, 7) is 9.33. The van der Waals surface area contributed by atoms with Crippen LogP contribution in [-0.2, 0) is 0 Å². The molecule has 1 heterocycles. The van der Waals surface area contributed by atoms with Crippen molar-refractivity contribution in [2.45, 2.75) is 117 Å². The van der Waals surface area contributed by atoms with Gasteiger partial charge in [-0.15, -0.1) is 0 Å². The Hall–Kier alpha value is -0.790. The Morgan fingerprint density at radius 2 is 1.39 bits per heavy atom. The Bertz CT molecular complexity index is 383. The molecule has 0 aliphatic carbocycles. The standard InChI is InChI=1S/C21H40N2/c1-5-7-9-11-12-13-15-19(3)21-22-17-18-23(21)20(4)16-14-10-8-6-2/h17-20H,5-16H2,1-4H3/p+1. The number of hydrogen-bond donors (Lipinski definition) is 1. The quantitative estimate of drug-likeness (QED) is 0.291. The lowest BCUT2D eigenvalue weighted by Gasteiger charge is -2.14. The van der Waals surface area contributed by atoms with Gasteiger partial charge in [-0.25, -0.2) is 9.55 Å². The Kier molecular flexibility index (Phi) is 11.1. The highest BCUT2D eigenvalue weighted by Crippen LogP contribution is 2.20. The summed E-state index contributed by atoms with van der Waals surface area (Å²) in [5.41, 5.74) is 0. The minimum Gasteiger partial charge on any atom is -0.247 e. The molecule has 0 aromatic carbocycles. The fraction of sp³-hybridized carbons (Fsp3) is 0.857. The van der Waals surface area contributed by atoms with Crippen molar-refractivity contribution in [1.82, 2.24) is 4.98 Å². The van der Waals surface area contributed by atoms with E-state index < -0.39 is 0 Å². The number of H-pyrrole nitrogens is 1. The third kappa shape index (κ3) is 8.04. The molecule has 2 atom stereocenters. The number of nitrogens with zero attached hydrogens (tertiary/aromatic N) is 1. The molecular formula is C21H41N2+. The molecule has 2 unspecified atom stereocenters. The molecule has 0 spiro atoms. The molecule has 1 rings (SSSR count). The van der Waals surface area contributed by atoms with Crippen LogP contribution in [0, 0.1) is 0 Å². The summed E-state index contributed by atoms with van der Waals surface area (Å²) in [5.74, 6) is 2.08. The first-order valence-electron chi connectivity index (χ1n) is 10.3. The first-order valence-corrected chi connectivity index (χ1v) is 10.3. The lowest BCUT2D eigenvalue weighted by atomic mass is 10.0. The van der Waals surface area contributed by atoms with Gasteiger partial charge in [-0.1, -0.05) is 78.6 Å². The maximum absolute atomic E-state index is 3.51. The van der Waals surface area contributed by atoms with Crippen molar-refractivity contribution >= 4 is 0 Å². The third-order valence-electron chi connectivity index (χ3n) is 5.15. The van der Waals surface area contributed by atoms with Crippen molar-refractivity contribution in [2.75, 3.05) is 0 Å². The smallest absolute Gasteiger partial charge is 0.247 e. The molecule has 134 valence electrons. The van der Waals surface area contributed by atoms with Crippen LogP contribution in [0.4, 0.5) is 0 Å². The van der Waals surface area contributed by atoms with E-state index in [2.05, 4.69) is 49.6 Å². The Morgan fingerprint density at radius 1 is 0.826 bits per heavy atom. The molecule has 2 heteroatoms. The molecule has 0 radical (unpaired) electrons. The molecule has 0 fully saturated rings. The summed E-state index contributed by atoms with van der Waals surface area (Å²) in [6, 6.07) is 0.625. The van der Waals surface area contributed by atoms with E-state index in [4.69, 9.17) is 0 Å². The van der Waals surface area contributed by atoms with E-state index in [0.717, 1.165) is 0 Å². The number of rotatable bonds is 14. The number of imidazole rings is 1. The van der Waals surface area contributed by atoms with Crippen LogP contribution < -0.4 is 4.57 Å². The molecule has 23 heavy (non-hydrogen) atoms. The average Bonchev–Trinajstić information content (AvgIpc) is 3.04. The molecule has 2 nitrogen and oxygen atoms in total. The van der Waals surface area contributed by atoms with Crippen LogP contribution in [0.2, 0.25) is 0 Å². The Balaban J connectivity index is 2.34. The van der Waals surface area contributed by atoms with Crippen molar-refractivity contribution in [3.8, 4) is 0 Å². The van der Waals surface area contributed by atoms with E-state index in [1.54, 1.807) is 0 Å². The van der Waals surface area contributed by atoms with E-state index in [9.17, 15) is 0 Å². The van der Waals surface area contributed by atoms with E-state index in [1.165, 1.54) is 82.9 Å². The van der Waals surface area contributed by atoms with Gasteiger partial charge in [0.05, 0.1) is 12.0 Å². The Morgan fingerprint density at radius 3 is 2.09 bits per heavy atom. The summed E-state index contributed by atoms with van der Waals surface area (Å²) in [5, 5.41) is 0. The van der Waals surface area contributed by atoms with Gasteiger partial charge in [0, 0.05) is 0 Å². The zero-order chi connectivity index (χ0) is 16.9. The van der Waals surface area contributed by atoms with Crippen LogP contribution in [0.25, 0.3) is 0 Å². The second kappa shape index (κ2) is 12.6. The topological polar surface area (TPSA) is 19.7 Å². The number of hydrogen-bond acceptors (Lipinski definition) is 0. The maximum Gasteiger partial charge on any atom is 0.257 e. The summed E-state index contributed by atoms with van der Waals surface area (Å²) in [6.07, 6.45) is 20.8. The summed E-state index contributed by atoms with van der Waals surface area (Å²) in [7, 11) is 0. The monoisotopic (exact) mass is 321 g/mol. The molecule has 0 amide bonds. The summed E-state index contributed by atoms with van der Waals surface area (Å²) in [4.78, 5) is 3.51. The average molecular weight is 322 g/mol. The molecule has 1 aromatic heterocycles. The minimum atomic E-state index is 0.625. The maximum atomic E-state index is 3.51. The second-order valence-corrected chi connectivity index (χ2v) is 7.41. The predicted octanol–water partition coefficient (Wildman–Crippen LogP) is 6.69. The highest BCUT2D eigenvalue weighted by Gasteiger charge is 2.21. The van der Waals surface area contributed by atoms with E-state index in [1.807, 2.05) is 0 Å². The molecule has 0 aliphatic heterocycles. The first-order chi connectivity index (χ1) is 11.2. The normalized spacial score (nSPS) is 14.1. The highest BCUT2D eigenvalue weighted by molar-refractivity contribution is 4.87. The van der Waals surface area contributed by atoms with E-state index in [-0.39, 0.29) is 0 Å². The van der Waals surface area contributed by atoms with E-state index >= 15 is 0 Å². The van der Waals surface area contributed by atoms with Gasteiger partial charge in [0.15, 0.2) is 0 Å². The van der Waals surface area contributed by atoms with Crippen LogP contribution in [0.5, 0.6) is 0 Å². The van der Waals surface area contributed by atoms with Gasteiger partial charge in [0.2, 0.25) is 0 Å². The van der Waals surface area contributed by atoms with Crippen LogP contribution >= 0.6 is 0 Å². The molecule has 0 saturated heterocycles. The number of nitrogens with one attached hydrogen (secondary N) is 1. The summed E-state index contributed by atoms with van der Waals surface area (Å²) < 4.78 is 2.49. The van der Waals surface area contributed by atoms with Crippen LogP contribution in [0.3, 0.4) is 0 Å². The van der Waals surface area contributed by atoms with Crippen LogP contribution in [-0.4, -0.2) is 4.98 Å². The van der Waals surface area contributed by atoms with Gasteiger partial charge in [0.1, 0.15) is 12.4 Å². The van der Waals surface area contributed by atoms with Crippen molar-refractivity contribution in [2.24, 2.45) is 0 Å². The minimum absolute atomic E-state index is 0.625. The van der Waals surface area contributed by atoms with Crippen LogP contribution in [0.15, 0.2) is 12.4 Å². The van der Waals surface area contributed by atoms with E-state index in [0.29, 0.717) is 12.0 Å². The lowest BCUT2D eigenvalue weighted by Crippen LogP contribution is -2.40. The SMILES string of the molecule is CCCCCCCCC(C)c1[nH]cc[n+]1C(C)CCCCCC. The Labute approximate surface area is 145 Å². The number of aromatic nitrogens is 2. The van der Waals surface area contributed by atoms with Crippen LogP contribution in [0.1, 0.15) is 123 Å². The van der Waals surface area contributed by atoms with Gasteiger partial charge in [-0.3, -0.25) is 0 Å². The van der Waals surface area contributed by atoms with Gasteiger partial charge < -0.3 is 0 Å². The highest BCUT2D eigenvalue weighted by atomic mass is 15.1. The van der Waals surface area contributed by atoms with Gasteiger partial charge in [0.25, 0.3) is 5.82 Å². The van der Waals surface area contributed by atoms with Crippen molar-refractivity contribution < 1.29 is 4.57 Å². The molecule has 0 saturated carbocycles. The fourth-order valence-electron chi connectivity index (χ4n) is 3.51. The first kappa shape index (κ1) is 20.3. The number of unbranched alkanes of at least 4 members (excludes halogenated alkanes) is 8. The third-order valence-corrected chi connectivity index (χ3v) is 5.15. The van der Waals surface area contributed by atoms with Crippen molar-refractivity contribution in [3.63, 3.8) is 0 Å². The van der Waals surface area contributed by atoms with Crippen molar-refractivity contribution in [3.05, 3.63) is 18.2 Å². The zero-order valence-electron chi connectivity index (χ0n) is 16.2. The predicted molar refractivity (Wildman–Crippen MR) is 101 cm³/mol. The molecular weight excluding hydrogens is 280 g/mol. The molecule has 1 aromatic rings. The molecule has 1 N–H and O–H groups in total. The fourth-order valence-corrected chi connectivity index (χ4v) is 3.51.